The van der Waals surface area contributed by atoms with Gasteiger partial charge in [0.1, 0.15) is 17.9 Å². The molecule has 24 heavy (non-hydrogen) atoms. The van der Waals surface area contributed by atoms with Crippen molar-refractivity contribution in [3.63, 3.8) is 0 Å². The van der Waals surface area contributed by atoms with Gasteiger partial charge in [0, 0.05) is 22.5 Å². The third kappa shape index (κ3) is 2.59. The van der Waals surface area contributed by atoms with Crippen molar-refractivity contribution in [3.05, 3.63) is 70.6 Å². The smallest absolute Gasteiger partial charge is 0.226 e. The van der Waals surface area contributed by atoms with Gasteiger partial charge in [-0.25, -0.2) is 4.98 Å². The number of aromatic nitrogens is 2. The zero-order valence-electron chi connectivity index (χ0n) is 12.6. The standard InChI is InChI=1S/C18H14BrN3O2/c19-12-2-1-3-13(8-12)22-10-20-17-15(9-16(24)21-18(17)22)11-4-6-14(23)7-5-11/h1-8,10,15,23H,9H2,(H,21,24). The lowest BCUT2D eigenvalue weighted by Crippen LogP contribution is -2.24. The molecule has 0 fully saturated rings. The van der Waals surface area contributed by atoms with Crippen molar-refractivity contribution in [2.45, 2.75) is 12.3 Å². The topological polar surface area (TPSA) is 67.1 Å². The monoisotopic (exact) mass is 383 g/mol. The molecule has 120 valence electrons. The Balaban J connectivity index is 1.81. The third-order valence-corrected chi connectivity index (χ3v) is 4.65. The van der Waals surface area contributed by atoms with Crippen LogP contribution in [0.25, 0.3) is 5.69 Å². The number of anilines is 1. The minimum atomic E-state index is -0.122. The van der Waals surface area contributed by atoms with Crippen LogP contribution in [0, 0.1) is 0 Å². The lowest BCUT2D eigenvalue weighted by Gasteiger charge is -2.23. The first-order chi connectivity index (χ1) is 11.6. The molecule has 2 aromatic carbocycles. The van der Waals surface area contributed by atoms with Crippen LogP contribution in [0.4, 0.5) is 5.82 Å². The molecule has 0 saturated carbocycles. The summed E-state index contributed by atoms with van der Waals surface area (Å²) in [6.07, 6.45) is 2.07. The zero-order valence-corrected chi connectivity index (χ0v) is 14.2. The summed E-state index contributed by atoms with van der Waals surface area (Å²) in [5, 5.41) is 12.4. The van der Waals surface area contributed by atoms with E-state index in [4.69, 9.17) is 0 Å². The van der Waals surface area contributed by atoms with Gasteiger partial charge in [0.05, 0.1) is 5.69 Å². The predicted molar refractivity (Wildman–Crippen MR) is 94.5 cm³/mol. The van der Waals surface area contributed by atoms with E-state index >= 15 is 0 Å². The molecule has 0 saturated heterocycles. The van der Waals surface area contributed by atoms with Gasteiger partial charge in [0.25, 0.3) is 0 Å². The van der Waals surface area contributed by atoms with Gasteiger partial charge in [0.15, 0.2) is 0 Å². The molecular formula is C18H14BrN3O2. The Bertz CT molecular complexity index is 918. The van der Waals surface area contributed by atoms with Crippen molar-refractivity contribution in [2.75, 3.05) is 5.32 Å². The van der Waals surface area contributed by atoms with Gasteiger partial charge in [-0.2, -0.15) is 0 Å². The maximum absolute atomic E-state index is 12.2. The van der Waals surface area contributed by atoms with E-state index < -0.39 is 0 Å². The number of nitrogens with zero attached hydrogens (tertiary/aromatic N) is 2. The summed E-state index contributed by atoms with van der Waals surface area (Å²) in [5.74, 6) is 0.737. The van der Waals surface area contributed by atoms with Crippen LogP contribution in [0.1, 0.15) is 23.6 Å². The van der Waals surface area contributed by atoms with Gasteiger partial charge >= 0.3 is 0 Å². The largest absolute Gasteiger partial charge is 0.508 e. The van der Waals surface area contributed by atoms with E-state index in [9.17, 15) is 9.90 Å². The summed E-state index contributed by atoms with van der Waals surface area (Å²) < 4.78 is 2.84. The Labute approximate surface area is 147 Å². The van der Waals surface area contributed by atoms with E-state index in [1.807, 2.05) is 41.0 Å². The van der Waals surface area contributed by atoms with Crippen molar-refractivity contribution in [2.24, 2.45) is 0 Å². The lowest BCUT2D eigenvalue weighted by molar-refractivity contribution is -0.116. The molecule has 0 bridgehead atoms. The fourth-order valence-electron chi connectivity index (χ4n) is 3.01. The Morgan fingerprint density at radius 2 is 2.00 bits per heavy atom. The molecule has 6 heteroatoms. The van der Waals surface area contributed by atoms with E-state index in [-0.39, 0.29) is 17.6 Å². The molecule has 5 nitrogen and oxygen atoms in total. The Morgan fingerprint density at radius 3 is 2.75 bits per heavy atom. The lowest BCUT2D eigenvalue weighted by atomic mass is 9.90. The first kappa shape index (κ1) is 15.0. The van der Waals surface area contributed by atoms with Gasteiger partial charge in [-0.15, -0.1) is 0 Å². The number of imidazole rings is 1. The van der Waals surface area contributed by atoms with Crippen molar-refractivity contribution in [1.82, 2.24) is 9.55 Å². The molecule has 3 aromatic rings. The number of aromatic hydroxyl groups is 1. The second-order valence-corrected chi connectivity index (χ2v) is 6.64. The molecule has 1 atom stereocenters. The Morgan fingerprint density at radius 1 is 1.21 bits per heavy atom. The normalized spacial score (nSPS) is 16.5. The Kier molecular flexibility index (Phi) is 3.61. The molecule has 0 aliphatic carbocycles. The molecule has 0 spiro atoms. The second-order valence-electron chi connectivity index (χ2n) is 5.72. The molecule has 2 N–H and O–H groups in total. The van der Waals surface area contributed by atoms with E-state index in [1.165, 1.54) is 0 Å². The van der Waals surface area contributed by atoms with Gasteiger partial charge in [-0.1, -0.05) is 34.1 Å². The highest BCUT2D eigenvalue weighted by atomic mass is 79.9. The Hall–Kier alpha value is -2.60. The SMILES string of the molecule is O=C1CC(c2ccc(O)cc2)c2ncn(-c3cccc(Br)c3)c2N1. The first-order valence-electron chi connectivity index (χ1n) is 7.54. The fraction of sp³-hybridized carbons (Fsp3) is 0.111. The fourth-order valence-corrected chi connectivity index (χ4v) is 3.40. The van der Waals surface area contributed by atoms with Crippen LogP contribution in [0.3, 0.4) is 0 Å². The number of hydrogen-bond acceptors (Lipinski definition) is 3. The average Bonchev–Trinajstić information content (AvgIpc) is 2.98. The van der Waals surface area contributed by atoms with Crippen molar-refractivity contribution >= 4 is 27.7 Å². The quantitative estimate of drug-likeness (QED) is 0.706. The summed E-state index contributed by atoms with van der Waals surface area (Å²) in [6, 6.07) is 14.8. The number of hydrogen-bond donors (Lipinski definition) is 2. The van der Waals surface area contributed by atoms with Crippen LogP contribution >= 0.6 is 15.9 Å². The van der Waals surface area contributed by atoms with Crippen LogP contribution in [0.2, 0.25) is 0 Å². The average molecular weight is 384 g/mol. The summed E-state index contributed by atoms with van der Waals surface area (Å²) in [4.78, 5) is 16.8. The minimum absolute atomic E-state index is 0.0441. The maximum atomic E-state index is 12.2. The van der Waals surface area contributed by atoms with Crippen LogP contribution in [0.5, 0.6) is 5.75 Å². The number of nitrogens with one attached hydrogen (secondary N) is 1. The van der Waals surface area contributed by atoms with E-state index in [2.05, 4.69) is 26.2 Å². The highest BCUT2D eigenvalue weighted by Crippen LogP contribution is 2.37. The van der Waals surface area contributed by atoms with Crippen molar-refractivity contribution < 1.29 is 9.90 Å². The van der Waals surface area contributed by atoms with Gasteiger partial charge in [-0.05, 0) is 35.9 Å². The van der Waals surface area contributed by atoms with Gasteiger partial charge in [0.2, 0.25) is 5.91 Å². The zero-order chi connectivity index (χ0) is 16.7. The summed E-state index contributed by atoms with van der Waals surface area (Å²) in [5.41, 5.74) is 2.72. The van der Waals surface area contributed by atoms with Gasteiger partial charge in [-0.3, -0.25) is 9.36 Å². The second kappa shape index (κ2) is 5.79. The molecular weight excluding hydrogens is 370 g/mol. The number of phenols is 1. The summed E-state index contributed by atoms with van der Waals surface area (Å²) in [7, 11) is 0. The van der Waals surface area contributed by atoms with Crippen LogP contribution < -0.4 is 5.32 Å². The minimum Gasteiger partial charge on any atom is -0.508 e. The van der Waals surface area contributed by atoms with Crippen molar-refractivity contribution in [1.29, 1.82) is 0 Å². The van der Waals surface area contributed by atoms with Crippen LogP contribution in [0.15, 0.2) is 59.3 Å². The highest BCUT2D eigenvalue weighted by molar-refractivity contribution is 9.10. The molecule has 1 amide bonds. The van der Waals surface area contributed by atoms with Crippen molar-refractivity contribution in [3.8, 4) is 11.4 Å². The number of rotatable bonds is 2. The van der Waals surface area contributed by atoms with E-state index in [0.717, 1.165) is 21.4 Å². The molecule has 1 aromatic heterocycles. The van der Waals surface area contributed by atoms with E-state index in [0.29, 0.717) is 12.2 Å². The summed E-state index contributed by atoms with van der Waals surface area (Å²) in [6.45, 7) is 0. The molecule has 1 aliphatic rings. The summed E-state index contributed by atoms with van der Waals surface area (Å²) >= 11 is 3.47. The number of fused-ring (bicyclic) bond motifs is 1. The molecule has 0 radical (unpaired) electrons. The molecule has 2 heterocycles. The third-order valence-electron chi connectivity index (χ3n) is 4.16. The number of amides is 1. The van der Waals surface area contributed by atoms with Crippen LogP contribution in [-0.2, 0) is 4.79 Å². The number of carbonyl (C=O) groups is 1. The molecule has 1 aliphatic heterocycles. The molecule has 1 unspecified atom stereocenters. The number of halogens is 1. The van der Waals surface area contributed by atoms with E-state index in [1.54, 1.807) is 18.5 Å². The van der Waals surface area contributed by atoms with Gasteiger partial charge < -0.3 is 10.4 Å². The number of benzene rings is 2. The maximum Gasteiger partial charge on any atom is 0.226 e. The molecule has 4 rings (SSSR count). The highest BCUT2D eigenvalue weighted by Gasteiger charge is 2.30. The first-order valence-corrected chi connectivity index (χ1v) is 8.33. The predicted octanol–water partition coefficient (Wildman–Crippen LogP) is 3.81. The number of carbonyl (C=O) groups excluding carboxylic acids is 1. The van der Waals surface area contributed by atoms with Crippen LogP contribution in [-0.4, -0.2) is 20.6 Å². The number of phenolic OH excluding ortho intramolecular Hbond substituents is 1.